The number of rotatable bonds is 2. The number of carbonyl (C=O) groups excluding carboxylic acids is 1. The number of esters is 1. The zero-order chi connectivity index (χ0) is 15.9. The molecule has 0 spiro atoms. The number of hydrogen-bond acceptors (Lipinski definition) is 6. The van der Waals surface area contributed by atoms with Gasteiger partial charge in [-0.2, -0.15) is 0 Å². The molecule has 0 unspecified atom stereocenters. The fourth-order valence-electron chi connectivity index (χ4n) is 3.36. The van der Waals surface area contributed by atoms with Crippen LogP contribution in [0.15, 0.2) is 12.1 Å². The first-order chi connectivity index (χ1) is 10.4. The minimum Gasteiger partial charge on any atom is -0.508 e. The summed E-state index contributed by atoms with van der Waals surface area (Å²) in [5.41, 5.74) is 0.690. The summed E-state index contributed by atoms with van der Waals surface area (Å²) < 4.78 is 11.1. The van der Waals surface area contributed by atoms with Gasteiger partial charge in [-0.1, -0.05) is 0 Å². The van der Waals surface area contributed by atoms with Gasteiger partial charge in [-0.25, -0.2) is 4.79 Å². The van der Waals surface area contributed by atoms with E-state index in [-0.39, 0.29) is 35.4 Å². The van der Waals surface area contributed by atoms with Gasteiger partial charge in [0.2, 0.25) is 0 Å². The predicted molar refractivity (Wildman–Crippen MR) is 76.9 cm³/mol. The monoisotopic (exact) mass is 308 g/mol. The van der Waals surface area contributed by atoms with Crippen LogP contribution in [0.5, 0.6) is 11.5 Å². The molecule has 2 heterocycles. The standard InChI is InChI=1S/C16H20O6/c1-8-2-10(17)5-13(21-8)7-12-4-9-3-11(18)6-14(19)15(9)16(20)22-12/h3,6,8,10,12-13,17-19H,2,4-5,7H2,1H3/t8-,10-,12+,13+/m0/s1. The third kappa shape index (κ3) is 3.03. The van der Waals surface area contributed by atoms with Crippen molar-refractivity contribution in [3.63, 3.8) is 0 Å². The highest BCUT2D eigenvalue weighted by Crippen LogP contribution is 2.34. The minimum absolute atomic E-state index is 0.0200. The number of cyclic esters (lactones) is 1. The number of carbonyl (C=O) groups is 1. The Hall–Kier alpha value is -1.79. The Morgan fingerprint density at radius 1 is 1.23 bits per heavy atom. The number of aliphatic hydroxyl groups excluding tert-OH is 1. The van der Waals surface area contributed by atoms with E-state index in [1.807, 2.05) is 6.92 Å². The van der Waals surface area contributed by atoms with Gasteiger partial charge in [-0.15, -0.1) is 0 Å². The number of ether oxygens (including phenoxy) is 2. The van der Waals surface area contributed by atoms with Gasteiger partial charge in [0.15, 0.2) is 0 Å². The number of benzene rings is 1. The molecule has 6 heteroatoms. The van der Waals surface area contributed by atoms with Crippen LogP contribution in [-0.2, 0) is 15.9 Å². The van der Waals surface area contributed by atoms with Crippen molar-refractivity contribution in [3.8, 4) is 11.5 Å². The zero-order valence-electron chi connectivity index (χ0n) is 12.4. The number of fused-ring (bicyclic) bond motifs is 1. The van der Waals surface area contributed by atoms with Crippen molar-refractivity contribution in [3.05, 3.63) is 23.3 Å². The Kier molecular flexibility index (Phi) is 3.97. The van der Waals surface area contributed by atoms with Gasteiger partial charge in [0.05, 0.1) is 18.3 Å². The van der Waals surface area contributed by atoms with Crippen LogP contribution in [0.25, 0.3) is 0 Å². The van der Waals surface area contributed by atoms with Gasteiger partial charge in [0.25, 0.3) is 0 Å². The Morgan fingerprint density at radius 3 is 2.73 bits per heavy atom. The van der Waals surface area contributed by atoms with Gasteiger partial charge in [0, 0.05) is 18.9 Å². The molecule has 22 heavy (non-hydrogen) atoms. The second kappa shape index (κ2) is 5.78. The number of aliphatic hydroxyl groups is 1. The first-order valence-corrected chi connectivity index (χ1v) is 7.51. The molecule has 120 valence electrons. The highest BCUT2D eigenvalue weighted by Gasteiger charge is 2.34. The molecular weight excluding hydrogens is 288 g/mol. The molecule has 0 aromatic heterocycles. The van der Waals surface area contributed by atoms with Crippen LogP contribution in [0.2, 0.25) is 0 Å². The Balaban J connectivity index is 1.74. The average Bonchev–Trinajstić information content (AvgIpc) is 2.35. The minimum atomic E-state index is -0.590. The van der Waals surface area contributed by atoms with Crippen molar-refractivity contribution < 1.29 is 29.6 Å². The lowest BCUT2D eigenvalue weighted by Gasteiger charge is -2.34. The molecule has 3 rings (SSSR count). The smallest absolute Gasteiger partial charge is 0.342 e. The summed E-state index contributed by atoms with van der Waals surface area (Å²) in [7, 11) is 0. The lowest BCUT2D eigenvalue weighted by molar-refractivity contribution is -0.103. The summed E-state index contributed by atoms with van der Waals surface area (Å²) in [5, 5.41) is 29.1. The Labute approximate surface area is 128 Å². The summed E-state index contributed by atoms with van der Waals surface area (Å²) in [4.78, 5) is 12.0. The number of phenols is 2. The van der Waals surface area contributed by atoms with E-state index in [1.165, 1.54) is 6.07 Å². The van der Waals surface area contributed by atoms with Gasteiger partial charge >= 0.3 is 5.97 Å². The van der Waals surface area contributed by atoms with Crippen LogP contribution in [0.1, 0.15) is 42.1 Å². The van der Waals surface area contributed by atoms with Crippen LogP contribution in [0.3, 0.4) is 0 Å². The van der Waals surface area contributed by atoms with E-state index in [9.17, 15) is 20.1 Å². The second-order valence-corrected chi connectivity index (χ2v) is 6.16. The fourth-order valence-corrected chi connectivity index (χ4v) is 3.36. The summed E-state index contributed by atoms with van der Waals surface area (Å²) in [6, 6.07) is 2.60. The number of phenolic OH excluding ortho intramolecular Hbond substituents is 2. The van der Waals surface area contributed by atoms with E-state index in [2.05, 4.69) is 0 Å². The van der Waals surface area contributed by atoms with E-state index in [0.717, 1.165) is 6.07 Å². The van der Waals surface area contributed by atoms with Crippen LogP contribution >= 0.6 is 0 Å². The van der Waals surface area contributed by atoms with Crippen molar-refractivity contribution in [1.82, 2.24) is 0 Å². The van der Waals surface area contributed by atoms with Gasteiger partial charge in [-0.05, 0) is 31.4 Å². The summed E-state index contributed by atoms with van der Waals surface area (Å²) in [6.45, 7) is 1.91. The molecule has 0 aliphatic carbocycles. The van der Waals surface area contributed by atoms with E-state index in [0.29, 0.717) is 31.2 Å². The lowest BCUT2D eigenvalue weighted by atomic mass is 9.92. The van der Waals surface area contributed by atoms with Crippen LogP contribution in [0.4, 0.5) is 0 Å². The molecule has 1 fully saturated rings. The van der Waals surface area contributed by atoms with E-state index >= 15 is 0 Å². The largest absolute Gasteiger partial charge is 0.508 e. The third-order valence-corrected chi connectivity index (χ3v) is 4.20. The average molecular weight is 308 g/mol. The maximum absolute atomic E-state index is 12.0. The SMILES string of the molecule is C[C@H]1C[C@H](O)C[C@H](C[C@H]2Cc3cc(O)cc(O)c3C(=O)O2)O1. The first-order valence-electron chi connectivity index (χ1n) is 7.51. The summed E-state index contributed by atoms with van der Waals surface area (Å²) in [5.74, 6) is -0.938. The molecule has 6 nitrogen and oxygen atoms in total. The molecule has 1 saturated heterocycles. The van der Waals surface area contributed by atoms with Gasteiger partial charge < -0.3 is 24.8 Å². The van der Waals surface area contributed by atoms with E-state index < -0.39 is 12.1 Å². The molecule has 2 aliphatic heterocycles. The lowest BCUT2D eigenvalue weighted by Crippen LogP contribution is -2.38. The van der Waals surface area contributed by atoms with Crippen molar-refractivity contribution in [2.75, 3.05) is 0 Å². The molecule has 1 aromatic rings. The Morgan fingerprint density at radius 2 is 2.00 bits per heavy atom. The second-order valence-electron chi connectivity index (χ2n) is 6.16. The molecule has 0 radical (unpaired) electrons. The quantitative estimate of drug-likeness (QED) is 0.717. The highest BCUT2D eigenvalue weighted by atomic mass is 16.5. The van der Waals surface area contributed by atoms with Crippen molar-refractivity contribution >= 4 is 5.97 Å². The summed E-state index contributed by atoms with van der Waals surface area (Å²) in [6.07, 6.45) is 1.08. The molecule has 3 N–H and O–H groups in total. The predicted octanol–water partition coefficient (Wildman–Crippen LogP) is 1.50. The fraction of sp³-hybridized carbons (Fsp3) is 0.562. The van der Waals surface area contributed by atoms with Crippen molar-refractivity contribution in [2.24, 2.45) is 0 Å². The molecule has 0 saturated carbocycles. The van der Waals surface area contributed by atoms with E-state index in [4.69, 9.17) is 9.47 Å². The normalized spacial score (nSPS) is 31.5. The maximum Gasteiger partial charge on any atom is 0.342 e. The van der Waals surface area contributed by atoms with Gasteiger partial charge in [-0.3, -0.25) is 0 Å². The van der Waals surface area contributed by atoms with E-state index in [1.54, 1.807) is 0 Å². The number of hydrogen-bond donors (Lipinski definition) is 3. The number of aromatic hydroxyl groups is 2. The summed E-state index contributed by atoms with van der Waals surface area (Å²) >= 11 is 0. The molecular formula is C16H20O6. The zero-order valence-corrected chi connectivity index (χ0v) is 12.4. The molecule has 0 bridgehead atoms. The Bertz CT molecular complexity index is 574. The van der Waals surface area contributed by atoms with Crippen LogP contribution < -0.4 is 0 Å². The van der Waals surface area contributed by atoms with Crippen molar-refractivity contribution in [2.45, 2.75) is 57.0 Å². The first kappa shape index (κ1) is 15.1. The molecule has 1 aromatic carbocycles. The maximum atomic E-state index is 12.0. The highest BCUT2D eigenvalue weighted by molar-refractivity contribution is 5.95. The molecule has 4 atom stereocenters. The molecule has 2 aliphatic rings. The van der Waals surface area contributed by atoms with Crippen molar-refractivity contribution in [1.29, 1.82) is 0 Å². The van der Waals surface area contributed by atoms with Crippen LogP contribution in [-0.4, -0.2) is 45.7 Å². The third-order valence-electron chi connectivity index (χ3n) is 4.20. The topological polar surface area (TPSA) is 96.2 Å². The molecule has 0 amide bonds. The van der Waals surface area contributed by atoms with Gasteiger partial charge in [0.1, 0.15) is 23.2 Å². The van der Waals surface area contributed by atoms with Crippen LogP contribution in [0, 0.1) is 0 Å².